The van der Waals surface area contributed by atoms with E-state index in [1.165, 1.54) is 41.8 Å². The van der Waals surface area contributed by atoms with Gasteiger partial charge in [0, 0.05) is 63.6 Å². The Morgan fingerprint density at radius 3 is 2.63 bits per heavy atom. The molecule has 2 saturated heterocycles. The number of nitrogens with zero attached hydrogens (tertiary/aromatic N) is 3. The molecule has 0 aliphatic carbocycles. The minimum absolute atomic E-state index is 0.106. The molecule has 12 heteroatoms. The molecule has 1 aromatic heterocycles. The average Bonchev–Trinajstić information content (AvgIpc) is 3.26. The maximum absolute atomic E-state index is 12.5. The Hall–Kier alpha value is -2.34. The van der Waals surface area contributed by atoms with Crippen LogP contribution in [0.2, 0.25) is 0 Å². The second kappa shape index (κ2) is 9.65. The minimum Gasteiger partial charge on any atom is -0.426 e. The summed E-state index contributed by atoms with van der Waals surface area (Å²) in [6.07, 6.45) is -0.963. The van der Waals surface area contributed by atoms with Crippen LogP contribution in [0.3, 0.4) is 0 Å². The number of carbonyl (C=O) groups excluding carboxylic acids is 4. The number of carbonyl (C=O) groups is 4. The summed E-state index contributed by atoms with van der Waals surface area (Å²) in [6.45, 7) is 6.49. The van der Waals surface area contributed by atoms with E-state index in [-0.39, 0.29) is 22.3 Å². The number of likely N-dealkylation sites (tertiary alicyclic amines) is 1. The Morgan fingerprint density at radius 2 is 1.97 bits per heavy atom. The lowest BCUT2D eigenvalue weighted by Crippen LogP contribution is -2.49. The van der Waals surface area contributed by atoms with E-state index < -0.39 is 18.4 Å². The van der Waals surface area contributed by atoms with Crippen LogP contribution in [0.15, 0.2) is 5.38 Å². The standard InChI is InChI=1S/C18H24N4O6S2/c1-10(23)27-12(3)28-18(26)21-5-4-13(6-21)19-16(25)15-9-29-17(20-15)22-7-14(8-22)30-11(2)24/h9,12-14H,4-8H2,1-3H3,(H,19,25)/t12-,13-/m1/s1. The number of thioether (sulfide) groups is 1. The largest absolute Gasteiger partial charge is 0.426 e. The molecule has 1 aromatic rings. The molecule has 0 unspecified atom stereocenters. The van der Waals surface area contributed by atoms with E-state index in [1.54, 1.807) is 12.3 Å². The summed E-state index contributed by atoms with van der Waals surface area (Å²) in [5.74, 6) is -0.822. The first kappa shape index (κ1) is 22.3. The summed E-state index contributed by atoms with van der Waals surface area (Å²) in [7, 11) is 0. The SMILES string of the molecule is CC(=O)O[C@@H](C)OC(=O)N1CC[C@@H](NC(=O)c2csc(N3CC(SC(C)=O)C3)n2)C1. The highest BCUT2D eigenvalue weighted by atomic mass is 32.2. The molecule has 164 valence electrons. The first-order chi connectivity index (χ1) is 14.2. The van der Waals surface area contributed by atoms with Gasteiger partial charge in [-0.1, -0.05) is 11.8 Å². The number of hydrogen-bond donors (Lipinski definition) is 1. The van der Waals surface area contributed by atoms with Gasteiger partial charge in [-0.3, -0.25) is 14.4 Å². The van der Waals surface area contributed by atoms with Crippen LogP contribution in [0.5, 0.6) is 0 Å². The fourth-order valence-corrected chi connectivity index (χ4v) is 5.00. The normalized spacial score (nSPS) is 19.8. The topological polar surface area (TPSA) is 118 Å². The van der Waals surface area contributed by atoms with Gasteiger partial charge in [-0.15, -0.1) is 11.3 Å². The van der Waals surface area contributed by atoms with Crippen molar-refractivity contribution in [2.75, 3.05) is 31.1 Å². The molecule has 2 fully saturated rings. The van der Waals surface area contributed by atoms with Gasteiger partial charge in [-0.25, -0.2) is 9.78 Å². The van der Waals surface area contributed by atoms with Gasteiger partial charge in [0.2, 0.25) is 6.29 Å². The highest BCUT2D eigenvalue weighted by Gasteiger charge is 2.32. The second-order valence-electron chi connectivity index (χ2n) is 7.12. The Bertz CT molecular complexity index is 825. The van der Waals surface area contributed by atoms with E-state index in [9.17, 15) is 19.2 Å². The van der Waals surface area contributed by atoms with Gasteiger partial charge in [-0.05, 0) is 6.42 Å². The van der Waals surface area contributed by atoms with Crippen molar-refractivity contribution < 1.29 is 28.7 Å². The number of aromatic nitrogens is 1. The lowest BCUT2D eigenvalue weighted by atomic mass is 10.2. The minimum atomic E-state index is -0.966. The zero-order valence-electron chi connectivity index (χ0n) is 17.0. The fourth-order valence-electron chi connectivity index (χ4n) is 3.19. The zero-order valence-corrected chi connectivity index (χ0v) is 18.6. The fraction of sp³-hybridized carbons (Fsp3) is 0.611. The number of rotatable bonds is 6. The number of nitrogens with one attached hydrogen (secondary N) is 1. The molecule has 2 atom stereocenters. The predicted octanol–water partition coefficient (Wildman–Crippen LogP) is 1.46. The molecular formula is C18H24N4O6S2. The number of thiazole rings is 1. The molecule has 3 heterocycles. The monoisotopic (exact) mass is 456 g/mol. The van der Waals surface area contributed by atoms with Crippen LogP contribution >= 0.6 is 23.1 Å². The smallest absolute Gasteiger partial charge is 0.412 e. The summed E-state index contributed by atoms with van der Waals surface area (Å²) < 4.78 is 9.84. The van der Waals surface area contributed by atoms with Crippen molar-refractivity contribution in [3.05, 3.63) is 11.1 Å². The molecule has 0 aromatic carbocycles. The summed E-state index contributed by atoms with van der Waals surface area (Å²) >= 11 is 2.72. The third kappa shape index (κ3) is 5.85. The highest BCUT2D eigenvalue weighted by molar-refractivity contribution is 8.14. The van der Waals surface area contributed by atoms with Crippen LogP contribution in [0.4, 0.5) is 9.93 Å². The highest BCUT2D eigenvalue weighted by Crippen LogP contribution is 2.30. The van der Waals surface area contributed by atoms with E-state index in [0.717, 1.165) is 18.2 Å². The average molecular weight is 457 g/mol. The van der Waals surface area contributed by atoms with Crippen LogP contribution in [0.25, 0.3) is 0 Å². The summed E-state index contributed by atoms with van der Waals surface area (Å²) in [5.41, 5.74) is 0.335. The molecule has 0 bridgehead atoms. The van der Waals surface area contributed by atoms with Crippen molar-refractivity contribution in [1.82, 2.24) is 15.2 Å². The van der Waals surface area contributed by atoms with Gasteiger partial charge in [0.15, 0.2) is 10.2 Å². The van der Waals surface area contributed by atoms with Crippen molar-refractivity contribution in [2.45, 2.75) is 44.8 Å². The predicted molar refractivity (Wildman–Crippen MR) is 112 cm³/mol. The number of anilines is 1. The van der Waals surface area contributed by atoms with Crippen molar-refractivity contribution in [3.63, 3.8) is 0 Å². The first-order valence-electron chi connectivity index (χ1n) is 9.52. The van der Waals surface area contributed by atoms with Crippen molar-refractivity contribution in [1.29, 1.82) is 0 Å². The third-order valence-electron chi connectivity index (χ3n) is 4.56. The van der Waals surface area contributed by atoms with E-state index >= 15 is 0 Å². The van der Waals surface area contributed by atoms with Crippen molar-refractivity contribution >= 4 is 51.3 Å². The first-order valence-corrected chi connectivity index (χ1v) is 11.3. The molecule has 30 heavy (non-hydrogen) atoms. The third-order valence-corrected chi connectivity index (χ3v) is 6.42. The number of esters is 1. The Kier molecular flexibility index (Phi) is 7.19. The Morgan fingerprint density at radius 1 is 1.23 bits per heavy atom. The maximum atomic E-state index is 12.5. The van der Waals surface area contributed by atoms with Gasteiger partial charge in [0.05, 0.1) is 0 Å². The molecule has 0 saturated carbocycles. The lowest BCUT2D eigenvalue weighted by molar-refractivity contribution is -0.163. The van der Waals surface area contributed by atoms with E-state index in [2.05, 4.69) is 10.3 Å². The van der Waals surface area contributed by atoms with Gasteiger partial charge in [-0.2, -0.15) is 0 Å². The summed E-state index contributed by atoms with van der Waals surface area (Å²) in [5, 5.41) is 5.74. The molecule has 2 aliphatic rings. The zero-order chi connectivity index (χ0) is 21.8. The van der Waals surface area contributed by atoms with E-state index in [1.807, 2.05) is 4.90 Å². The lowest BCUT2D eigenvalue weighted by Gasteiger charge is -2.37. The number of hydrogen-bond acceptors (Lipinski definition) is 10. The van der Waals surface area contributed by atoms with Gasteiger partial charge >= 0.3 is 12.1 Å². The molecule has 2 aliphatic heterocycles. The molecule has 0 radical (unpaired) electrons. The van der Waals surface area contributed by atoms with Gasteiger partial charge < -0.3 is 24.6 Å². The summed E-state index contributed by atoms with van der Waals surface area (Å²) in [6, 6.07) is -0.209. The molecule has 0 spiro atoms. The van der Waals surface area contributed by atoms with Gasteiger partial charge in [0.1, 0.15) is 5.69 Å². The van der Waals surface area contributed by atoms with Crippen LogP contribution in [-0.2, 0) is 19.1 Å². The molecule has 1 N–H and O–H groups in total. The van der Waals surface area contributed by atoms with Crippen molar-refractivity contribution in [2.24, 2.45) is 0 Å². The number of amides is 2. The molecule has 3 rings (SSSR count). The quantitative estimate of drug-likeness (QED) is 0.501. The molecule has 2 amide bonds. The molecular weight excluding hydrogens is 432 g/mol. The van der Waals surface area contributed by atoms with E-state index in [0.29, 0.717) is 25.2 Å². The van der Waals surface area contributed by atoms with E-state index in [4.69, 9.17) is 9.47 Å². The second-order valence-corrected chi connectivity index (χ2v) is 9.43. The van der Waals surface area contributed by atoms with Crippen molar-refractivity contribution in [3.8, 4) is 0 Å². The molecule has 10 nitrogen and oxygen atoms in total. The Labute approximate surface area is 182 Å². The van der Waals surface area contributed by atoms with Crippen LogP contribution in [0, 0.1) is 0 Å². The number of ether oxygens (including phenoxy) is 2. The van der Waals surface area contributed by atoms with Crippen LogP contribution < -0.4 is 10.2 Å². The van der Waals surface area contributed by atoms with Crippen LogP contribution in [-0.4, -0.2) is 76.7 Å². The summed E-state index contributed by atoms with van der Waals surface area (Å²) in [4.78, 5) is 54.5. The Balaban J connectivity index is 1.44. The van der Waals surface area contributed by atoms with Crippen LogP contribution in [0.1, 0.15) is 37.7 Å². The van der Waals surface area contributed by atoms with Gasteiger partial charge in [0.25, 0.3) is 5.91 Å². The maximum Gasteiger partial charge on any atom is 0.412 e.